The number of hydrogen-bond acceptors (Lipinski definition) is 2. The molecule has 1 aromatic heterocycles. The second kappa shape index (κ2) is 6.01. The predicted octanol–water partition coefficient (Wildman–Crippen LogP) is 2.36. The maximum atomic E-state index is 12.8. The number of aromatic nitrogens is 1. The minimum absolute atomic E-state index is 0. The van der Waals surface area contributed by atoms with Gasteiger partial charge in [0.05, 0.1) is 5.56 Å². The molecule has 4 nitrogen and oxygen atoms in total. The van der Waals surface area contributed by atoms with E-state index in [1.165, 1.54) is 12.1 Å². The van der Waals surface area contributed by atoms with Crippen molar-refractivity contribution >= 4 is 18.3 Å². The summed E-state index contributed by atoms with van der Waals surface area (Å²) in [7, 11) is 0. The van der Waals surface area contributed by atoms with Gasteiger partial charge in [-0.2, -0.15) is 0 Å². The van der Waals surface area contributed by atoms with Gasteiger partial charge in [-0.05, 0) is 51.5 Å². The molecule has 0 bridgehead atoms. The van der Waals surface area contributed by atoms with Gasteiger partial charge < -0.3 is 15.2 Å². The third-order valence-electron chi connectivity index (χ3n) is 5.32. The minimum atomic E-state index is 0. The Hall–Kier alpha value is -1.00. The predicted molar refractivity (Wildman–Crippen MR) is 86.9 cm³/mol. The molecule has 0 spiro atoms. The molecule has 5 heteroatoms. The summed E-state index contributed by atoms with van der Waals surface area (Å²) in [6.45, 7) is 8.90. The van der Waals surface area contributed by atoms with Crippen LogP contribution in [0.3, 0.4) is 0 Å². The van der Waals surface area contributed by atoms with Crippen molar-refractivity contribution in [2.75, 3.05) is 13.1 Å². The molecule has 118 valence electrons. The molecule has 2 N–H and O–H groups in total. The van der Waals surface area contributed by atoms with E-state index < -0.39 is 0 Å². The van der Waals surface area contributed by atoms with E-state index in [1.807, 2.05) is 17.9 Å². The van der Waals surface area contributed by atoms with Crippen LogP contribution in [0.5, 0.6) is 0 Å². The summed E-state index contributed by atoms with van der Waals surface area (Å²) in [5.41, 5.74) is 9.30. The Bertz CT molecular complexity index is 540. The summed E-state index contributed by atoms with van der Waals surface area (Å²) in [4.78, 5) is 14.8. The average Bonchev–Trinajstić information content (AvgIpc) is 3.05. The summed E-state index contributed by atoms with van der Waals surface area (Å²) in [6.07, 6.45) is 2.31. The Morgan fingerprint density at radius 3 is 2.62 bits per heavy atom. The molecule has 0 aromatic carbocycles. The van der Waals surface area contributed by atoms with Crippen LogP contribution in [0.4, 0.5) is 0 Å². The quantitative estimate of drug-likeness (QED) is 0.911. The van der Waals surface area contributed by atoms with Crippen LogP contribution in [0.2, 0.25) is 0 Å². The van der Waals surface area contributed by atoms with Crippen molar-refractivity contribution in [1.29, 1.82) is 0 Å². The van der Waals surface area contributed by atoms with Crippen LogP contribution in [0, 0.1) is 25.7 Å². The van der Waals surface area contributed by atoms with Crippen molar-refractivity contribution in [2.24, 2.45) is 17.6 Å². The van der Waals surface area contributed by atoms with Crippen molar-refractivity contribution in [2.45, 2.75) is 46.2 Å². The van der Waals surface area contributed by atoms with Gasteiger partial charge in [-0.1, -0.05) is 0 Å². The highest BCUT2D eigenvalue weighted by Crippen LogP contribution is 2.37. The second-order valence-electron chi connectivity index (χ2n) is 6.40. The van der Waals surface area contributed by atoms with Crippen LogP contribution >= 0.6 is 12.4 Å². The summed E-state index contributed by atoms with van der Waals surface area (Å²) in [5, 5.41) is 0. The van der Waals surface area contributed by atoms with E-state index >= 15 is 0 Å². The van der Waals surface area contributed by atoms with Crippen molar-refractivity contribution in [1.82, 2.24) is 9.47 Å². The zero-order valence-electron chi connectivity index (χ0n) is 13.1. The monoisotopic (exact) mass is 311 g/mol. The van der Waals surface area contributed by atoms with Gasteiger partial charge in [0.1, 0.15) is 0 Å². The van der Waals surface area contributed by atoms with Gasteiger partial charge in [-0.3, -0.25) is 4.79 Å². The number of carbonyl (C=O) groups excluding carboxylic acids is 1. The molecule has 3 unspecified atom stereocenters. The van der Waals surface area contributed by atoms with E-state index in [0.717, 1.165) is 37.3 Å². The summed E-state index contributed by atoms with van der Waals surface area (Å²) < 4.78 is 2.20. The van der Waals surface area contributed by atoms with Crippen LogP contribution in [-0.2, 0) is 6.54 Å². The number of fused-ring (bicyclic) bond motifs is 1. The topological polar surface area (TPSA) is 51.3 Å². The smallest absolute Gasteiger partial charge is 0.255 e. The number of rotatable bonds is 2. The SMILES string of the molecule is CCn1c(C)cc(C(=O)N2CC3CCC(N)C3C2)c1C.Cl. The Kier molecular flexibility index (Phi) is 4.69. The zero-order valence-corrected chi connectivity index (χ0v) is 13.9. The van der Waals surface area contributed by atoms with Crippen molar-refractivity contribution < 1.29 is 4.79 Å². The number of amides is 1. The summed E-state index contributed by atoms with van der Waals surface area (Å²) in [6, 6.07) is 2.33. The fourth-order valence-corrected chi connectivity index (χ4v) is 4.15. The van der Waals surface area contributed by atoms with Gasteiger partial charge in [0.2, 0.25) is 0 Å². The fraction of sp³-hybridized carbons (Fsp3) is 0.688. The highest BCUT2D eigenvalue weighted by Gasteiger charge is 2.42. The normalized spacial score (nSPS) is 27.6. The molecule has 1 saturated heterocycles. The first-order valence-electron chi connectivity index (χ1n) is 7.74. The van der Waals surface area contributed by atoms with E-state index in [1.54, 1.807) is 0 Å². The first kappa shape index (κ1) is 16.4. The van der Waals surface area contributed by atoms with Crippen LogP contribution in [-0.4, -0.2) is 34.5 Å². The van der Waals surface area contributed by atoms with Gasteiger partial charge >= 0.3 is 0 Å². The maximum Gasteiger partial charge on any atom is 0.255 e. The van der Waals surface area contributed by atoms with Gasteiger partial charge in [-0.25, -0.2) is 0 Å². The Morgan fingerprint density at radius 2 is 2.05 bits per heavy atom. The highest BCUT2D eigenvalue weighted by atomic mass is 35.5. The number of nitrogens with zero attached hydrogens (tertiary/aromatic N) is 2. The van der Waals surface area contributed by atoms with Crippen LogP contribution in [0.25, 0.3) is 0 Å². The van der Waals surface area contributed by atoms with Gasteiger partial charge in [0.15, 0.2) is 0 Å². The molecule has 1 aliphatic carbocycles. The highest BCUT2D eigenvalue weighted by molar-refractivity contribution is 5.96. The minimum Gasteiger partial charge on any atom is -0.349 e. The average molecular weight is 312 g/mol. The lowest BCUT2D eigenvalue weighted by atomic mass is 9.98. The molecule has 1 aromatic rings. The summed E-state index contributed by atoms with van der Waals surface area (Å²) >= 11 is 0. The number of hydrogen-bond donors (Lipinski definition) is 1. The molecule has 3 atom stereocenters. The molecular weight excluding hydrogens is 286 g/mol. The lowest BCUT2D eigenvalue weighted by Crippen LogP contribution is -2.33. The lowest BCUT2D eigenvalue weighted by molar-refractivity contribution is 0.0778. The third kappa shape index (κ3) is 2.59. The number of nitrogens with two attached hydrogens (primary N) is 1. The van der Waals surface area contributed by atoms with Crippen LogP contribution in [0.15, 0.2) is 6.07 Å². The molecule has 2 fully saturated rings. The Morgan fingerprint density at radius 1 is 1.33 bits per heavy atom. The second-order valence-corrected chi connectivity index (χ2v) is 6.40. The molecular formula is C16H26ClN3O. The Balaban J connectivity index is 0.00000161. The first-order valence-corrected chi connectivity index (χ1v) is 7.74. The van der Waals surface area contributed by atoms with Gasteiger partial charge in [-0.15, -0.1) is 12.4 Å². The van der Waals surface area contributed by atoms with Crippen molar-refractivity contribution in [3.8, 4) is 0 Å². The first-order chi connectivity index (χ1) is 9.52. The van der Waals surface area contributed by atoms with E-state index in [4.69, 9.17) is 5.73 Å². The third-order valence-corrected chi connectivity index (χ3v) is 5.32. The van der Waals surface area contributed by atoms with Gasteiger partial charge in [0.25, 0.3) is 5.91 Å². The molecule has 0 radical (unpaired) electrons. The number of likely N-dealkylation sites (tertiary alicyclic amines) is 1. The number of halogens is 1. The van der Waals surface area contributed by atoms with Crippen molar-refractivity contribution in [3.63, 3.8) is 0 Å². The Labute approximate surface area is 133 Å². The number of carbonyl (C=O) groups is 1. The van der Waals surface area contributed by atoms with E-state index in [2.05, 4.69) is 18.4 Å². The van der Waals surface area contributed by atoms with E-state index in [0.29, 0.717) is 17.9 Å². The molecule has 1 aliphatic heterocycles. The molecule has 21 heavy (non-hydrogen) atoms. The van der Waals surface area contributed by atoms with Crippen molar-refractivity contribution in [3.05, 3.63) is 23.0 Å². The maximum absolute atomic E-state index is 12.8. The molecule has 3 rings (SSSR count). The zero-order chi connectivity index (χ0) is 14.4. The van der Waals surface area contributed by atoms with Gasteiger partial charge in [0, 0.05) is 37.1 Å². The van der Waals surface area contributed by atoms with Crippen LogP contribution in [0.1, 0.15) is 41.5 Å². The van der Waals surface area contributed by atoms with E-state index in [9.17, 15) is 4.79 Å². The van der Waals surface area contributed by atoms with Crippen LogP contribution < -0.4 is 5.73 Å². The summed E-state index contributed by atoms with van der Waals surface area (Å²) in [5.74, 6) is 1.34. The molecule has 2 heterocycles. The molecule has 2 aliphatic rings. The molecule has 1 amide bonds. The fourth-order valence-electron chi connectivity index (χ4n) is 4.15. The molecule has 1 saturated carbocycles. The lowest BCUT2D eigenvalue weighted by Gasteiger charge is -2.19. The number of aryl methyl sites for hydroxylation is 1. The standard InChI is InChI=1S/C16H25N3O.ClH/c1-4-19-10(2)7-13(11(19)3)16(20)18-8-12-5-6-15(17)14(12)9-18;/h7,12,14-15H,4-6,8-9,17H2,1-3H3;1H. The van der Waals surface area contributed by atoms with E-state index in [-0.39, 0.29) is 18.3 Å². The largest absolute Gasteiger partial charge is 0.349 e.